The summed E-state index contributed by atoms with van der Waals surface area (Å²) >= 11 is 0. The monoisotopic (exact) mass is 405 g/mol. The van der Waals surface area contributed by atoms with Crippen LogP contribution in [-0.4, -0.2) is 28.5 Å². The van der Waals surface area contributed by atoms with E-state index >= 15 is 0 Å². The fourth-order valence-electron chi connectivity index (χ4n) is 3.42. The molecule has 0 unspecified atom stereocenters. The van der Waals surface area contributed by atoms with Crippen molar-refractivity contribution in [2.75, 3.05) is 7.11 Å². The maximum absolute atomic E-state index is 13.9. The molecule has 0 aliphatic carbocycles. The number of methoxy groups -OCH3 is 1. The molecule has 3 amide bonds. The fourth-order valence-corrected chi connectivity index (χ4v) is 3.42. The fraction of sp³-hybridized carbons (Fsp3) is 0.130. The quantitative estimate of drug-likeness (QED) is 0.515. The lowest BCUT2D eigenvalue weighted by molar-refractivity contribution is -0.123. The number of aryl methyl sites for hydroxylation is 1. The summed E-state index contributed by atoms with van der Waals surface area (Å²) < 4.78 is 21.1. The Morgan fingerprint density at radius 2 is 1.77 bits per heavy atom. The molecule has 30 heavy (non-hydrogen) atoms. The molecular formula is C23H20FN3O3. The predicted molar refractivity (Wildman–Crippen MR) is 111 cm³/mol. The Balaban J connectivity index is 1.63. The van der Waals surface area contributed by atoms with Gasteiger partial charge >= 0.3 is 6.03 Å². The van der Waals surface area contributed by atoms with Crippen molar-refractivity contribution in [1.82, 2.24) is 14.8 Å². The molecule has 3 aromatic rings. The van der Waals surface area contributed by atoms with E-state index in [9.17, 15) is 14.0 Å². The van der Waals surface area contributed by atoms with Crippen molar-refractivity contribution in [1.29, 1.82) is 0 Å². The Morgan fingerprint density at radius 1 is 1.03 bits per heavy atom. The second-order valence-electron chi connectivity index (χ2n) is 6.90. The highest BCUT2D eigenvalue weighted by molar-refractivity contribution is 6.13. The maximum atomic E-state index is 13.9. The van der Waals surface area contributed by atoms with Crippen LogP contribution < -0.4 is 10.1 Å². The van der Waals surface area contributed by atoms with Crippen LogP contribution in [0.2, 0.25) is 0 Å². The van der Waals surface area contributed by atoms with Crippen molar-refractivity contribution in [3.8, 4) is 11.4 Å². The highest BCUT2D eigenvalue weighted by Crippen LogP contribution is 2.23. The largest absolute Gasteiger partial charge is 0.497 e. The molecule has 0 saturated carbocycles. The molecule has 0 radical (unpaired) electrons. The SMILES string of the molecule is COc1ccc(-n2c(C)ccc2/C=C2\NC(=O)N(Cc3ccccc3F)C2=O)cc1. The van der Waals surface area contributed by atoms with Crippen LogP contribution in [0, 0.1) is 12.7 Å². The van der Waals surface area contributed by atoms with Gasteiger partial charge in [-0.2, -0.15) is 0 Å². The standard InChI is InChI=1S/C23H20FN3O3/c1-15-7-8-18(27(15)17-9-11-19(30-2)12-10-17)13-21-22(28)26(23(29)25-21)14-16-5-3-4-6-20(16)24/h3-13H,14H2,1-2H3,(H,25,29)/b21-13-. The number of rotatable bonds is 5. The number of ether oxygens (including phenoxy) is 1. The summed E-state index contributed by atoms with van der Waals surface area (Å²) in [5.74, 6) is -0.214. The summed E-state index contributed by atoms with van der Waals surface area (Å²) in [6, 6.07) is 16.8. The topological polar surface area (TPSA) is 63.6 Å². The lowest BCUT2D eigenvalue weighted by Gasteiger charge is -2.12. The van der Waals surface area contributed by atoms with Crippen molar-refractivity contribution in [2.45, 2.75) is 13.5 Å². The number of carbonyl (C=O) groups excluding carboxylic acids is 2. The van der Waals surface area contributed by atoms with Gasteiger partial charge in [-0.25, -0.2) is 9.18 Å². The molecular weight excluding hydrogens is 385 g/mol. The highest BCUT2D eigenvalue weighted by atomic mass is 19.1. The molecule has 0 bridgehead atoms. The van der Waals surface area contributed by atoms with Crippen molar-refractivity contribution >= 4 is 18.0 Å². The van der Waals surface area contributed by atoms with Crippen LogP contribution in [0.5, 0.6) is 5.75 Å². The molecule has 7 heteroatoms. The van der Waals surface area contributed by atoms with Gasteiger partial charge in [-0.05, 0) is 55.5 Å². The van der Waals surface area contributed by atoms with Crippen LogP contribution in [-0.2, 0) is 11.3 Å². The summed E-state index contributed by atoms with van der Waals surface area (Å²) in [5.41, 5.74) is 3.01. The van der Waals surface area contributed by atoms with Crippen LogP contribution in [0.3, 0.4) is 0 Å². The first kappa shape index (κ1) is 19.4. The van der Waals surface area contributed by atoms with Gasteiger partial charge in [0.05, 0.1) is 13.7 Å². The van der Waals surface area contributed by atoms with E-state index in [1.165, 1.54) is 6.07 Å². The minimum Gasteiger partial charge on any atom is -0.497 e. The maximum Gasteiger partial charge on any atom is 0.329 e. The molecule has 1 N–H and O–H groups in total. The molecule has 1 fully saturated rings. The molecule has 1 aromatic heterocycles. The Hall–Kier alpha value is -3.87. The van der Waals surface area contributed by atoms with E-state index < -0.39 is 17.8 Å². The first-order valence-electron chi connectivity index (χ1n) is 9.38. The molecule has 1 aliphatic heterocycles. The van der Waals surface area contributed by atoms with E-state index in [0.29, 0.717) is 0 Å². The number of hydrogen-bond donors (Lipinski definition) is 1. The zero-order valence-corrected chi connectivity index (χ0v) is 16.6. The third-order valence-electron chi connectivity index (χ3n) is 4.98. The van der Waals surface area contributed by atoms with Crippen LogP contribution in [0.25, 0.3) is 11.8 Å². The number of nitrogens with one attached hydrogen (secondary N) is 1. The normalized spacial score (nSPS) is 15.0. The summed E-state index contributed by atoms with van der Waals surface area (Å²) in [6.45, 7) is 1.82. The van der Waals surface area contributed by atoms with Crippen molar-refractivity contribution in [3.63, 3.8) is 0 Å². The minimum atomic E-state index is -0.575. The molecule has 1 aliphatic rings. The van der Waals surface area contributed by atoms with Gasteiger partial charge in [0, 0.05) is 22.6 Å². The minimum absolute atomic E-state index is 0.132. The molecule has 2 heterocycles. The first-order chi connectivity index (χ1) is 14.5. The number of benzene rings is 2. The molecule has 2 aromatic carbocycles. The van der Waals surface area contributed by atoms with Crippen LogP contribution in [0.15, 0.2) is 66.4 Å². The average Bonchev–Trinajstić information content (AvgIpc) is 3.24. The van der Waals surface area contributed by atoms with Gasteiger partial charge in [0.15, 0.2) is 0 Å². The molecule has 0 atom stereocenters. The molecule has 4 rings (SSSR count). The number of aromatic nitrogens is 1. The lowest BCUT2D eigenvalue weighted by Crippen LogP contribution is -2.30. The Kier molecular flexibility index (Phi) is 5.10. The zero-order chi connectivity index (χ0) is 21.3. The van der Waals surface area contributed by atoms with Crippen LogP contribution >= 0.6 is 0 Å². The predicted octanol–water partition coefficient (Wildman–Crippen LogP) is 4.03. The van der Waals surface area contributed by atoms with E-state index in [2.05, 4.69) is 5.32 Å². The molecule has 0 spiro atoms. The van der Waals surface area contributed by atoms with Gasteiger partial charge < -0.3 is 14.6 Å². The Labute approximate surface area is 173 Å². The molecule has 152 valence electrons. The second-order valence-corrected chi connectivity index (χ2v) is 6.90. The summed E-state index contributed by atoms with van der Waals surface area (Å²) in [6.07, 6.45) is 1.62. The van der Waals surface area contributed by atoms with Crippen molar-refractivity contribution < 1.29 is 18.7 Å². The van der Waals surface area contributed by atoms with Gasteiger partial charge in [-0.1, -0.05) is 18.2 Å². The second kappa shape index (κ2) is 7.87. The third-order valence-corrected chi connectivity index (χ3v) is 4.98. The zero-order valence-electron chi connectivity index (χ0n) is 16.6. The van der Waals surface area contributed by atoms with Gasteiger partial charge in [0.25, 0.3) is 5.91 Å². The van der Waals surface area contributed by atoms with Gasteiger partial charge in [0.1, 0.15) is 17.3 Å². The highest BCUT2D eigenvalue weighted by Gasteiger charge is 2.34. The Bertz CT molecular complexity index is 1150. The summed E-state index contributed by atoms with van der Waals surface area (Å²) in [4.78, 5) is 26.1. The number of carbonyl (C=O) groups is 2. The van der Waals surface area contributed by atoms with Gasteiger partial charge in [-0.3, -0.25) is 9.69 Å². The van der Waals surface area contributed by atoms with Crippen molar-refractivity contribution in [3.05, 3.63) is 89.1 Å². The first-order valence-corrected chi connectivity index (χ1v) is 9.38. The summed E-state index contributed by atoms with van der Waals surface area (Å²) in [5, 5.41) is 2.59. The van der Waals surface area contributed by atoms with E-state index in [0.717, 1.165) is 27.7 Å². The van der Waals surface area contributed by atoms with Gasteiger partial charge in [-0.15, -0.1) is 0 Å². The van der Waals surface area contributed by atoms with Crippen LogP contribution in [0.4, 0.5) is 9.18 Å². The van der Waals surface area contributed by atoms with E-state index in [4.69, 9.17) is 4.74 Å². The van der Waals surface area contributed by atoms with E-state index in [1.807, 2.05) is 47.9 Å². The number of amides is 3. The Morgan fingerprint density at radius 3 is 2.47 bits per heavy atom. The lowest BCUT2D eigenvalue weighted by atomic mass is 10.2. The third kappa shape index (κ3) is 3.57. The number of imide groups is 1. The van der Waals surface area contributed by atoms with Gasteiger partial charge in [0.2, 0.25) is 0 Å². The number of hydrogen-bond acceptors (Lipinski definition) is 3. The van der Waals surface area contributed by atoms with E-state index in [1.54, 1.807) is 31.4 Å². The van der Waals surface area contributed by atoms with E-state index in [-0.39, 0.29) is 17.8 Å². The number of nitrogens with zero attached hydrogens (tertiary/aromatic N) is 2. The molecule has 1 saturated heterocycles. The number of urea groups is 1. The van der Waals surface area contributed by atoms with Crippen LogP contribution in [0.1, 0.15) is 17.0 Å². The van der Waals surface area contributed by atoms with Crippen molar-refractivity contribution in [2.24, 2.45) is 0 Å². The number of halogens is 1. The summed E-state index contributed by atoms with van der Waals surface area (Å²) in [7, 11) is 1.60. The molecule has 6 nitrogen and oxygen atoms in total. The average molecular weight is 405 g/mol. The smallest absolute Gasteiger partial charge is 0.329 e.